The SMILES string of the molecule is CCCCCCCCCCCCCCCCCCCCCCOC(=O)c1ccccc1C(=O)OCCC(C)S(=O)(=O)[O-].[Na+]. The number of hydrogen-bond acceptors (Lipinski definition) is 7. The zero-order valence-corrected chi connectivity index (χ0v) is 30.2. The van der Waals surface area contributed by atoms with Crippen LogP contribution in [-0.4, -0.2) is 43.4 Å². The molecule has 9 heteroatoms. The van der Waals surface area contributed by atoms with Gasteiger partial charge in [-0.1, -0.05) is 141 Å². The Bertz CT molecular complexity index is 952. The Morgan fingerprint density at radius 2 is 0.953 bits per heavy atom. The van der Waals surface area contributed by atoms with E-state index in [0.717, 1.165) is 19.3 Å². The van der Waals surface area contributed by atoms with Crippen molar-refractivity contribution in [2.45, 2.75) is 154 Å². The van der Waals surface area contributed by atoms with Gasteiger partial charge in [-0.15, -0.1) is 0 Å². The molecule has 43 heavy (non-hydrogen) atoms. The Morgan fingerprint density at radius 1 is 0.628 bits per heavy atom. The number of rotatable bonds is 27. The predicted octanol–water partition coefficient (Wildman–Crippen LogP) is 6.15. The van der Waals surface area contributed by atoms with Crippen molar-refractivity contribution in [1.82, 2.24) is 0 Å². The first kappa shape index (κ1) is 42.1. The summed E-state index contributed by atoms with van der Waals surface area (Å²) < 4.78 is 43.4. The Balaban J connectivity index is 0.0000176. The first-order valence-corrected chi connectivity index (χ1v) is 18.1. The van der Waals surface area contributed by atoms with Crippen LogP contribution in [0.5, 0.6) is 0 Å². The molecular weight excluding hydrogens is 575 g/mol. The van der Waals surface area contributed by atoms with E-state index in [9.17, 15) is 22.6 Å². The largest absolute Gasteiger partial charge is 1.00 e. The summed E-state index contributed by atoms with van der Waals surface area (Å²) >= 11 is 0. The van der Waals surface area contributed by atoms with Crippen LogP contribution in [0.15, 0.2) is 24.3 Å². The summed E-state index contributed by atoms with van der Waals surface area (Å²) in [5, 5.41) is -1.16. The number of esters is 2. The van der Waals surface area contributed by atoms with Crippen molar-refractivity contribution < 1.29 is 61.6 Å². The van der Waals surface area contributed by atoms with Gasteiger partial charge in [0.05, 0.1) is 34.5 Å². The molecule has 1 aromatic carbocycles. The number of carbonyl (C=O) groups excluding carboxylic acids is 2. The zero-order valence-electron chi connectivity index (χ0n) is 27.4. The van der Waals surface area contributed by atoms with Gasteiger partial charge >= 0.3 is 41.5 Å². The average molecular weight is 633 g/mol. The smallest absolute Gasteiger partial charge is 0.748 e. The van der Waals surface area contributed by atoms with E-state index in [2.05, 4.69) is 6.92 Å². The van der Waals surface area contributed by atoms with Gasteiger partial charge < -0.3 is 14.0 Å². The molecule has 0 heterocycles. The van der Waals surface area contributed by atoms with Crippen molar-refractivity contribution in [1.29, 1.82) is 0 Å². The molecule has 7 nitrogen and oxygen atoms in total. The van der Waals surface area contributed by atoms with Crippen LogP contribution in [0, 0.1) is 0 Å². The molecule has 1 unspecified atom stereocenters. The zero-order chi connectivity index (χ0) is 30.9. The van der Waals surface area contributed by atoms with Gasteiger partial charge in [0, 0.05) is 5.25 Å². The summed E-state index contributed by atoms with van der Waals surface area (Å²) in [6.07, 6.45) is 26.0. The van der Waals surface area contributed by atoms with Gasteiger partial charge in [-0.25, -0.2) is 18.0 Å². The average Bonchev–Trinajstić information content (AvgIpc) is 2.97. The molecule has 1 rings (SSSR count). The van der Waals surface area contributed by atoms with Crippen molar-refractivity contribution >= 4 is 22.1 Å². The second-order valence-corrected chi connectivity index (χ2v) is 13.4. The number of ether oxygens (including phenoxy) is 2. The summed E-state index contributed by atoms with van der Waals surface area (Å²) in [4.78, 5) is 24.9. The molecule has 0 aliphatic heterocycles. The summed E-state index contributed by atoms with van der Waals surface area (Å²) in [6, 6.07) is 6.21. The number of unbranched alkanes of at least 4 members (excludes halogenated alkanes) is 19. The molecular formula is C34H57NaO7S. The minimum Gasteiger partial charge on any atom is -0.748 e. The van der Waals surface area contributed by atoms with E-state index in [1.165, 1.54) is 128 Å². The molecule has 0 aromatic heterocycles. The van der Waals surface area contributed by atoms with E-state index in [1.54, 1.807) is 12.1 Å². The van der Waals surface area contributed by atoms with Gasteiger partial charge in [0.2, 0.25) is 0 Å². The fourth-order valence-corrected chi connectivity index (χ4v) is 5.36. The van der Waals surface area contributed by atoms with Gasteiger partial charge in [0.25, 0.3) is 0 Å². The second-order valence-electron chi connectivity index (χ2n) is 11.6. The van der Waals surface area contributed by atoms with E-state index in [4.69, 9.17) is 9.47 Å². The number of benzene rings is 1. The summed E-state index contributed by atoms with van der Waals surface area (Å²) in [7, 11) is -4.44. The maximum Gasteiger partial charge on any atom is 1.00 e. The third-order valence-corrected chi connectivity index (χ3v) is 9.07. The predicted molar refractivity (Wildman–Crippen MR) is 169 cm³/mol. The van der Waals surface area contributed by atoms with E-state index < -0.39 is 27.3 Å². The van der Waals surface area contributed by atoms with Crippen LogP contribution in [0.4, 0.5) is 0 Å². The normalized spacial score (nSPS) is 12.0. The minimum absolute atomic E-state index is 0. The van der Waals surface area contributed by atoms with E-state index >= 15 is 0 Å². The van der Waals surface area contributed by atoms with Gasteiger partial charge in [-0.2, -0.15) is 0 Å². The van der Waals surface area contributed by atoms with Crippen LogP contribution in [0.3, 0.4) is 0 Å². The topological polar surface area (TPSA) is 110 Å². The number of hydrogen-bond donors (Lipinski definition) is 0. The monoisotopic (exact) mass is 632 g/mol. The Morgan fingerprint density at radius 3 is 1.30 bits per heavy atom. The van der Waals surface area contributed by atoms with Crippen LogP contribution < -0.4 is 29.6 Å². The molecule has 0 saturated carbocycles. The molecule has 1 atom stereocenters. The quantitative estimate of drug-likeness (QED) is 0.0495. The maximum atomic E-state index is 12.5. The second kappa shape index (κ2) is 27.4. The molecule has 1 aromatic rings. The molecule has 0 radical (unpaired) electrons. The standard InChI is InChI=1S/C34H58O7S.Na/c1-3-4-5-6-7-8-9-10-11-12-13-14-15-16-17-18-19-20-21-24-28-40-33(35)31-25-22-23-26-32(31)34(36)41-29-27-30(2)42(37,38)39;/h22-23,25-26,30H,3-21,24,27-29H2,1-2H3,(H,37,38,39);/q;+1/p-1. The van der Waals surface area contributed by atoms with Gasteiger partial charge in [-0.3, -0.25) is 0 Å². The Labute approximate surface area is 284 Å². The van der Waals surface area contributed by atoms with Crippen molar-refractivity contribution in [3.05, 3.63) is 35.4 Å². The molecule has 0 N–H and O–H groups in total. The van der Waals surface area contributed by atoms with Gasteiger partial charge in [-0.05, 0) is 31.9 Å². The van der Waals surface area contributed by atoms with Crippen molar-refractivity contribution in [2.24, 2.45) is 0 Å². The van der Waals surface area contributed by atoms with Crippen LogP contribution in [0.2, 0.25) is 0 Å². The molecule has 0 saturated heterocycles. The fourth-order valence-electron chi connectivity index (χ4n) is 4.98. The van der Waals surface area contributed by atoms with E-state index in [0.29, 0.717) is 6.61 Å². The van der Waals surface area contributed by atoms with Gasteiger partial charge in [0.1, 0.15) is 0 Å². The van der Waals surface area contributed by atoms with E-state index in [1.807, 2.05) is 0 Å². The third-order valence-electron chi connectivity index (χ3n) is 7.85. The molecule has 242 valence electrons. The first-order valence-electron chi connectivity index (χ1n) is 16.6. The molecule has 0 bridgehead atoms. The fraction of sp³-hybridized carbons (Fsp3) is 0.765. The minimum atomic E-state index is -4.44. The van der Waals surface area contributed by atoms with Gasteiger partial charge in [0.15, 0.2) is 0 Å². The Kier molecular flexibility index (Phi) is 26.8. The molecule has 0 spiro atoms. The molecule has 0 aliphatic carbocycles. The molecule has 0 fully saturated rings. The third kappa shape index (κ3) is 22.3. The summed E-state index contributed by atoms with van der Waals surface area (Å²) in [6.45, 7) is 3.60. The van der Waals surface area contributed by atoms with E-state index in [-0.39, 0.29) is 53.7 Å². The van der Waals surface area contributed by atoms with Crippen molar-refractivity contribution in [3.63, 3.8) is 0 Å². The molecule has 0 aliphatic rings. The van der Waals surface area contributed by atoms with Crippen LogP contribution in [0.1, 0.15) is 169 Å². The van der Waals surface area contributed by atoms with Crippen LogP contribution in [0.25, 0.3) is 0 Å². The van der Waals surface area contributed by atoms with Crippen LogP contribution in [-0.2, 0) is 19.6 Å². The Hall–Kier alpha value is -0.930. The first-order chi connectivity index (χ1) is 20.3. The maximum absolute atomic E-state index is 12.5. The molecule has 0 amide bonds. The van der Waals surface area contributed by atoms with Crippen LogP contribution >= 0.6 is 0 Å². The van der Waals surface area contributed by atoms with Crippen molar-refractivity contribution in [2.75, 3.05) is 13.2 Å². The number of carbonyl (C=O) groups is 2. The van der Waals surface area contributed by atoms with Crippen molar-refractivity contribution in [3.8, 4) is 0 Å². The summed E-state index contributed by atoms with van der Waals surface area (Å²) in [5.74, 6) is -1.34. The summed E-state index contributed by atoms with van der Waals surface area (Å²) in [5.41, 5.74) is 0.170.